The summed E-state index contributed by atoms with van der Waals surface area (Å²) < 4.78 is 10.6. The van der Waals surface area contributed by atoms with Crippen molar-refractivity contribution in [1.29, 1.82) is 0 Å². The van der Waals surface area contributed by atoms with Gasteiger partial charge in [-0.2, -0.15) is 0 Å². The van der Waals surface area contributed by atoms with Gasteiger partial charge in [0.2, 0.25) is 6.79 Å². The number of amides is 1. The highest BCUT2D eigenvalue weighted by atomic mass is 16.7. The van der Waals surface area contributed by atoms with Crippen molar-refractivity contribution >= 4 is 17.3 Å². The van der Waals surface area contributed by atoms with Gasteiger partial charge in [0.15, 0.2) is 11.5 Å². The van der Waals surface area contributed by atoms with Gasteiger partial charge in [0.25, 0.3) is 5.91 Å². The molecule has 0 fully saturated rings. The van der Waals surface area contributed by atoms with Crippen LogP contribution in [0.25, 0.3) is 0 Å². The number of hydrogen-bond donors (Lipinski definition) is 2. The molecule has 0 saturated carbocycles. The first kappa shape index (κ1) is 15.9. The van der Waals surface area contributed by atoms with Crippen LogP contribution in [0.15, 0.2) is 61.2 Å². The first-order valence-corrected chi connectivity index (χ1v) is 8.07. The number of benzene rings is 1. The fourth-order valence-corrected chi connectivity index (χ4v) is 2.54. The fraction of sp³-hybridized carbons (Fsp3) is 0.105. The number of rotatable bonds is 5. The zero-order chi connectivity index (χ0) is 17.8. The first-order valence-electron chi connectivity index (χ1n) is 8.07. The summed E-state index contributed by atoms with van der Waals surface area (Å²) in [6, 6.07) is 10.9. The van der Waals surface area contributed by atoms with Crippen molar-refractivity contribution in [1.82, 2.24) is 9.97 Å². The Morgan fingerprint density at radius 2 is 1.81 bits per heavy atom. The van der Waals surface area contributed by atoms with E-state index in [4.69, 9.17) is 9.47 Å². The molecular formula is C19H16N4O3. The molecule has 2 N–H and O–H groups in total. The van der Waals surface area contributed by atoms with Crippen molar-refractivity contribution < 1.29 is 14.3 Å². The third-order valence-electron chi connectivity index (χ3n) is 3.88. The minimum atomic E-state index is -0.246. The number of anilines is 2. The summed E-state index contributed by atoms with van der Waals surface area (Å²) >= 11 is 0. The lowest BCUT2D eigenvalue weighted by Crippen LogP contribution is -2.12. The highest BCUT2D eigenvalue weighted by Crippen LogP contribution is 2.34. The summed E-state index contributed by atoms with van der Waals surface area (Å²) in [5, 5.41) is 6.09. The Morgan fingerprint density at radius 1 is 0.962 bits per heavy atom. The molecule has 7 nitrogen and oxygen atoms in total. The maximum absolute atomic E-state index is 12.5. The Hall–Kier alpha value is -3.61. The van der Waals surface area contributed by atoms with E-state index >= 15 is 0 Å². The van der Waals surface area contributed by atoms with E-state index in [1.54, 1.807) is 42.9 Å². The highest BCUT2D eigenvalue weighted by molar-refractivity contribution is 6.04. The summed E-state index contributed by atoms with van der Waals surface area (Å²) in [5.74, 6) is 1.05. The molecular weight excluding hydrogens is 332 g/mol. The second-order valence-corrected chi connectivity index (χ2v) is 5.69. The van der Waals surface area contributed by atoms with Gasteiger partial charge < -0.3 is 20.1 Å². The average molecular weight is 348 g/mol. The summed E-state index contributed by atoms with van der Waals surface area (Å²) in [4.78, 5) is 20.6. The van der Waals surface area contributed by atoms with E-state index in [1.807, 2.05) is 12.1 Å². The molecule has 1 aromatic carbocycles. The molecule has 0 radical (unpaired) electrons. The summed E-state index contributed by atoms with van der Waals surface area (Å²) in [7, 11) is 0. The zero-order valence-electron chi connectivity index (χ0n) is 13.8. The van der Waals surface area contributed by atoms with Crippen molar-refractivity contribution in [2.75, 3.05) is 17.4 Å². The van der Waals surface area contributed by atoms with E-state index in [-0.39, 0.29) is 12.7 Å². The van der Waals surface area contributed by atoms with Crippen LogP contribution in [0.4, 0.5) is 11.4 Å². The van der Waals surface area contributed by atoms with Crippen LogP contribution in [0.5, 0.6) is 11.5 Å². The Balaban J connectivity index is 1.43. The van der Waals surface area contributed by atoms with Crippen LogP contribution in [-0.2, 0) is 6.54 Å². The number of ether oxygens (including phenoxy) is 2. The molecule has 0 aliphatic carbocycles. The fourth-order valence-electron chi connectivity index (χ4n) is 2.54. The van der Waals surface area contributed by atoms with Gasteiger partial charge in [0, 0.05) is 43.1 Å². The molecule has 0 spiro atoms. The van der Waals surface area contributed by atoms with Gasteiger partial charge in [-0.05, 0) is 35.9 Å². The van der Waals surface area contributed by atoms with Crippen molar-refractivity contribution in [2.24, 2.45) is 0 Å². The van der Waals surface area contributed by atoms with Gasteiger partial charge >= 0.3 is 0 Å². The number of hydrogen-bond acceptors (Lipinski definition) is 6. The van der Waals surface area contributed by atoms with E-state index < -0.39 is 0 Å². The average Bonchev–Trinajstić information content (AvgIpc) is 3.15. The van der Waals surface area contributed by atoms with E-state index in [2.05, 4.69) is 20.6 Å². The molecule has 1 amide bonds. The Bertz CT molecular complexity index is 931. The largest absolute Gasteiger partial charge is 0.454 e. The number of carbonyl (C=O) groups excluding carboxylic acids is 1. The lowest BCUT2D eigenvalue weighted by atomic mass is 10.2. The SMILES string of the molecule is O=C(Nc1ccc2c(c1)OCO2)c1cncc(NCc2ccncc2)c1. The van der Waals surface area contributed by atoms with Gasteiger partial charge in [-0.3, -0.25) is 14.8 Å². The normalized spacial score (nSPS) is 11.8. The highest BCUT2D eigenvalue weighted by Gasteiger charge is 2.15. The number of nitrogens with one attached hydrogen (secondary N) is 2. The van der Waals surface area contributed by atoms with Crippen molar-refractivity contribution in [3.05, 3.63) is 72.3 Å². The number of pyridine rings is 2. The second kappa shape index (κ2) is 7.10. The van der Waals surface area contributed by atoms with Crippen molar-refractivity contribution in [3.63, 3.8) is 0 Å². The van der Waals surface area contributed by atoms with Crippen LogP contribution >= 0.6 is 0 Å². The van der Waals surface area contributed by atoms with E-state index in [0.717, 1.165) is 11.3 Å². The van der Waals surface area contributed by atoms with Crippen molar-refractivity contribution in [2.45, 2.75) is 6.54 Å². The number of aromatic nitrogens is 2. The van der Waals surface area contributed by atoms with Crippen LogP contribution in [-0.4, -0.2) is 22.7 Å². The summed E-state index contributed by atoms with van der Waals surface area (Å²) in [6.07, 6.45) is 6.69. The maximum atomic E-state index is 12.5. The third-order valence-corrected chi connectivity index (χ3v) is 3.88. The predicted molar refractivity (Wildman–Crippen MR) is 96.3 cm³/mol. The van der Waals surface area contributed by atoms with E-state index in [9.17, 15) is 4.79 Å². The standard InChI is InChI=1S/C19H16N4O3/c24-19(23-15-1-2-17-18(8-15)26-12-25-17)14-7-16(11-21-10-14)22-9-13-3-5-20-6-4-13/h1-8,10-11,22H,9,12H2,(H,23,24). The van der Waals surface area contributed by atoms with Gasteiger partial charge in [-0.25, -0.2) is 0 Å². The Labute approximate surface area is 150 Å². The number of nitrogens with zero attached hydrogens (tertiary/aromatic N) is 2. The van der Waals surface area contributed by atoms with E-state index in [1.165, 1.54) is 6.20 Å². The molecule has 1 aliphatic rings. The predicted octanol–water partition coefficient (Wildman–Crippen LogP) is 3.07. The molecule has 26 heavy (non-hydrogen) atoms. The molecule has 0 bridgehead atoms. The minimum Gasteiger partial charge on any atom is -0.454 e. The smallest absolute Gasteiger partial charge is 0.257 e. The minimum absolute atomic E-state index is 0.196. The molecule has 1 aliphatic heterocycles. The van der Waals surface area contributed by atoms with Crippen LogP contribution in [0, 0.1) is 0 Å². The van der Waals surface area contributed by atoms with Crippen LogP contribution < -0.4 is 20.1 Å². The topological polar surface area (TPSA) is 85.4 Å². The molecule has 0 saturated heterocycles. The lowest BCUT2D eigenvalue weighted by Gasteiger charge is -2.09. The zero-order valence-corrected chi connectivity index (χ0v) is 13.8. The Morgan fingerprint density at radius 3 is 2.69 bits per heavy atom. The molecule has 4 rings (SSSR count). The number of carbonyl (C=O) groups is 1. The monoisotopic (exact) mass is 348 g/mol. The summed E-state index contributed by atoms with van der Waals surface area (Å²) in [5.41, 5.74) is 2.95. The first-order chi connectivity index (χ1) is 12.8. The second-order valence-electron chi connectivity index (χ2n) is 5.69. The van der Waals surface area contributed by atoms with Crippen LogP contribution in [0.2, 0.25) is 0 Å². The third kappa shape index (κ3) is 3.56. The number of fused-ring (bicyclic) bond motifs is 1. The molecule has 130 valence electrons. The lowest BCUT2D eigenvalue weighted by molar-refractivity contribution is 0.102. The van der Waals surface area contributed by atoms with Crippen molar-refractivity contribution in [3.8, 4) is 11.5 Å². The van der Waals surface area contributed by atoms with Gasteiger partial charge in [0.1, 0.15) is 0 Å². The summed E-state index contributed by atoms with van der Waals surface area (Å²) in [6.45, 7) is 0.819. The van der Waals surface area contributed by atoms with Gasteiger partial charge in [-0.15, -0.1) is 0 Å². The van der Waals surface area contributed by atoms with Gasteiger partial charge in [-0.1, -0.05) is 0 Å². The maximum Gasteiger partial charge on any atom is 0.257 e. The van der Waals surface area contributed by atoms with E-state index in [0.29, 0.717) is 29.3 Å². The van der Waals surface area contributed by atoms with Gasteiger partial charge in [0.05, 0.1) is 11.3 Å². The molecule has 3 aromatic rings. The molecule has 3 heterocycles. The van der Waals surface area contributed by atoms with Crippen LogP contribution in [0.3, 0.4) is 0 Å². The molecule has 7 heteroatoms. The molecule has 0 unspecified atom stereocenters. The molecule has 0 atom stereocenters. The molecule has 2 aromatic heterocycles. The van der Waals surface area contributed by atoms with Crippen LogP contribution in [0.1, 0.15) is 15.9 Å². The quantitative estimate of drug-likeness (QED) is 0.737. The Kier molecular flexibility index (Phi) is 4.34.